The summed E-state index contributed by atoms with van der Waals surface area (Å²) in [6.07, 6.45) is 1.17. The number of hydrogen-bond donors (Lipinski definition) is 0. The van der Waals surface area contributed by atoms with E-state index in [1.54, 1.807) is 54.3 Å². The summed E-state index contributed by atoms with van der Waals surface area (Å²) >= 11 is 1.33. The van der Waals surface area contributed by atoms with E-state index in [0.717, 1.165) is 35.1 Å². The first-order valence-corrected chi connectivity index (χ1v) is 18.6. The van der Waals surface area contributed by atoms with Gasteiger partial charge in [-0.2, -0.15) is 4.31 Å². The Hall–Kier alpha value is -3.65. The van der Waals surface area contributed by atoms with Crippen molar-refractivity contribution in [2.24, 2.45) is 0 Å². The van der Waals surface area contributed by atoms with Crippen LogP contribution in [0.2, 0.25) is 0 Å². The number of para-hydroxylation sites is 1. The van der Waals surface area contributed by atoms with Gasteiger partial charge in [0, 0.05) is 47.5 Å². The van der Waals surface area contributed by atoms with Crippen LogP contribution < -0.4 is 13.8 Å². The Labute approximate surface area is 287 Å². The van der Waals surface area contributed by atoms with E-state index in [1.807, 2.05) is 20.8 Å². The largest absolute Gasteiger partial charge is 0.497 e. The van der Waals surface area contributed by atoms with Crippen LogP contribution in [-0.2, 0) is 25.2 Å². The summed E-state index contributed by atoms with van der Waals surface area (Å²) in [6.45, 7) is 11.5. The van der Waals surface area contributed by atoms with Gasteiger partial charge in [-0.3, -0.25) is 9.69 Å². The summed E-state index contributed by atoms with van der Waals surface area (Å²) in [5.74, 6) is -0.249. The number of benzene rings is 2. The topological polar surface area (TPSA) is 109 Å². The van der Waals surface area contributed by atoms with Crippen molar-refractivity contribution < 1.29 is 32.2 Å². The summed E-state index contributed by atoms with van der Waals surface area (Å²) in [4.78, 5) is 37.1. The number of thiophene rings is 1. The minimum Gasteiger partial charge on any atom is -0.497 e. The Bertz CT molecular complexity index is 1790. The van der Waals surface area contributed by atoms with E-state index in [9.17, 15) is 13.2 Å². The van der Waals surface area contributed by atoms with Crippen molar-refractivity contribution in [2.45, 2.75) is 63.2 Å². The fraction of sp³-hybridized carbons (Fsp3) is 0.486. The monoisotopic (exact) mass is 696 g/mol. The smallest absolute Gasteiger partial charge is 0.411 e. The van der Waals surface area contributed by atoms with E-state index < -0.39 is 27.6 Å². The lowest BCUT2D eigenvalue weighted by molar-refractivity contribution is -0.132. The van der Waals surface area contributed by atoms with Gasteiger partial charge in [0.15, 0.2) is 0 Å². The van der Waals surface area contributed by atoms with Crippen molar-refractivity contribution in [1.82, 2.24) is 14.7 Å². The maximum Gasteiger partial charge on any atom is 0.411 e. The fourth-order valence-electron chi connectivity index (χ4n) is 7.02. The molecule has 1 aromatic heterocycles. The zero-order chi connectivity index (χ0) is 34.4. The average molecular weight is 697 g/mol. The number of fused-ring (bicyclic) bond motifs is 1. The highest BCUT2D eigenvalue weighted by molar-refractivity contribution is 7.93. The molecule has 48 heavy (non-hydrogen) atoms. The van der Waals surface area contributed by atoms with E-state index in [2.05, 4.69) is 16.8 Å². The molecule has 11 nitrogen and oxygen atoms in total. The number of methoxy groups -OCH3 is 1. The Morgan fingerprint density at radius 1 is 0.958 bits per heavy atom. The van der Waals surface area contributed by atoms with Crippen molar-refractivity contribution in [3.63, 3.8) is 0 Å². The fourth-order valence-corrected chi connectivity index (χ4v) is 10.0. The molecule has 0 aliphatic carbocycles. The second-order valence-corrected chi connectivity index (χ2v) is 16.2. The predicted molar refractivity (Wildman–Crippen MR) is 185 cm³/mol. The number of sulfonamides is 1. The van der Waals surface area contributed by atoms with Gasteiger partial charge in [-0.25, -0.2) is 13.2 Å². The third kappa shape index (κ3) is 6.06. The molecule has 6 rings (SSSR count). The molecule has 0 saturated carbocycles. The molecule has 0 bridgehead atoms. The molecule has 0 N–H and O–H groups in total. The molecule has 258 valence electrons. The number of hydrogen-bond acceptors (Lipinski definition) is 10. The standard InChI is InChI=1S/C35H44N4O7S2/c1-23(2)45-31-10-8-7-9-28(31)35(46-34(41)38-19-17-37(18-20-38)26-13-15-36(5)16-14-26)29-22-27(44-6)11-12-30(29)39(33(35)40)48(42,43)32-21-24(3)47-25(32)4/h7-12,21-23,26H,13-20H2,1-6H3. The first-order chi connectivity index (χ1) is 22.9. The van der Waals surface area contributed by atoms with Crippen molar-refractivity contribution in [3.05, 3.63) is 69.4 Å². The van der Waals surface area contributed by atoms with Gasteiger partial charge in [0.25, 0.3) is 15.9 Å². The van der Waals surface area contributed by atoms with Gasteiger partial charge in [-0.15, -0.1) is 11.3 Å². The quantitative estimate of drug-likeness (QED) is 0.322. The first-order valence-electron chi connectivity index (χ1n) is 16.4. The maximum atomic E-state index is 15.1. The van der Waals surface area contributed by atoms with E-state index in [0.29, 0.717) is 48.6 Å². The second-order valence-electron chi connectivity index (χ2n) is 13.0. The molecular weight excluding hydrogens is 653 g/mol. The molecule has 1 unspecified atom stereocenters. The van der Waals surface area contributed by atoms with Crippen molar-refractivity contribution in [2.75, 3.05) is 57.7 Å². The summed E-state index contributed by atoms with van der Waals surface area (Å²) in [7, 11) is -0.812. The van der Waals surface area contributed by atoms with Crippen molar-refractivity contribution in [3.8, 4) is 11.5 Å². The molecule has 2 fully saturated rings. The molecule has 13 heteroatoms. The number of piperazine rings is 1. The predicted octanol–water partition coefficient (Wildman–Crippen LogP) is 4.99. The third-order valence-electron chi connectivity index (χ3n) is 9.45. The van der Waals surface area contributed by atoms with E-state index >= 15 is 4.79 Å². The molecule has 3 aromatic rings. The molecule has 3 aliphatic heterocycles. The van der Waals surface area contributed by atoms with Crippen LogP contribution in [0.3, 0.4) is 0 Å². The SMILES string of the molecule is COc1ccc2c(c1)C(OC(=O)N1CCN(C3CCN(C)CC3)CC1)(c1ccccc1OC(C)C)C(=O)N2S(=O)(=O)c1cc(C)sc1C. The summed E-state index contributed by atoms with van der Waals surface area (Å²) < 4.78 is 47.9. The normalized spacial score (nSPS) is 21.1. The van der Waals surface area contributed by atoms with E-state index in [4.69, 9.17) is 14.2 Å². The van der Waals surface area contributed by atoms with Crippen molar-refractivity contribution >= 4 is 39.0 Å². The van der Waals surface area contributed by atoms with Crippen LogP contribution in [0.1, 0.15) is 47.6 Å². The van der Waals surface area contributed by atoms with Crippen LogP contribution in [0.15, 0.2) is 53.4 Å². The zero-order valence-electron chi connectivity index (χ0n) is 28.4. The number of amides is 2. The van der Waals surface area contributed by atoms with Crippen molar-refractivity contribution in [1.29, 1.82) is 0 Å². The van der Waals surface area contributed by atoms with Gasteiger partial charge < -0.3 is 24.0 Å². The van der Waals surface area contributed by atoms with Crippen LogP contribution in [0.5, 0.6) is 11.5 Å². The lowest BCUT2D eigenvalue weighted by Gasteiger charge is -2.42. The summed E-state index contributed by atoms with van der Waals surface area (Å²) in [6, 6.07) is 13.6. The summed E-state index contributed by atoms with van der Waals surface area (Å²) in [5, 5.41) is 0. The van der Waals surface area contributed by atoms with Gasteiger partial charge in [0.05, 0.1) is 24.5 Å². The number of aryl methyl sites for hydroxylation is 2. The first kappa shape index (κ1) is 34.2. The number of nitrogens with zero attached hydrogens (tertiary/aromatic N) is 4. The number of anilines is 1. The molecule has 4 heterocycles. The molecule has 2 amide bonds. The highest BCUT2D eigenvalue weighted by atomic mass is 32.2. The van der Waals surface area contributed by atoms with Gasteiger partial charge in [0.2, 0.25) is 5.60 Å². The molecule has 3 aliphatic rings. The molecular formula is C35H44N4O7S2. The van der Waals surface area contributed by atoms with Gasteiger partial charge in [-0.05, 0) is 91.0 Å². The number of likely N-dealkylation sites (tertiary alicyclic amines) is 1. The molecule has 2 aromatic carbocycles. The number of ether oxygens (including phenoxy) is 3. The minimum atomic E-state index is -4.43. The lowest BCUT2D eigenvalue weighted by atomic mass is 9.86. The van der Waals surface area contributed by atoms with Crippen LogP contribution in [-0.4, -0.2) is 101 Å². The highest BCUT2D eigenvalue weighted by Crippen LogP contribution is 2.53. The summed E-state index contributed by atoms with van der Waals surface area (Å²) in [5.41, 5.74) is -1.70. The minimum absolute atomic E-state index is 0.0268. The molecule has 2 saturated heterocycles. The van der Waals surface area contributed by atoms with Gasteiger partial charge in [-0.1, -0.05) is 18.2 Å². The maximum absolute atomic E-state index is 15.1. The zero-order valence-corrected chi connectivity index (χ0v) is 30.0. The molecule has 1 atom stereocenters. The third-order valence-corrected chi connectivity index (χ3v) is 12.4. The van der Waals surface area contributed by atoms with E-state index in [1.165, 1.54) is 24.5 Å². The highest BCUT2D eigenvalue weighted by Gasteiger charge is 2.61. The number of carbonyl (C=O) groups excluding carboxylic acids is 2. The lowest BCUT2D eigenvalue weighted by Crippen LogP contribution is -2.55. The van der Waals surface area contributed by atoms with Crippen LogP contribution in [0, 0.1) is 13.8 Å². The number of piperidine rings is 1. The molecule has 0 radical (unpaired) electrons. The Kier molecular flexibility index (Phi) is 9.51. The number of rotatable bonds is 8. The molecule has 0 spiro atoms. The van der Waals surface area contributed by atoms with Crippen LogP contribution in [0.4, 0.5) is 10.5 Å². The van der Waals surface area contributed by atoms with Crippen LogP contribution in [0.25, 0.3) is 0 Å². The Balaban J connectivity index is 1.44. The Morgan fingerprint density at radius 3 is 2.27 bits per heavy atom. The van der Waals surface area contributed by atoms with Gasteiger partial charge >= 0.3 is 6.09 Å². The van der Waals surface area contributed by atoms with E-state index in [-0.39, 0.29) is 27.8 Å². The average Bonchev–Trinajstić information content (AvgIpc) is 3.54. The second kappa shape index (κ2) is 13.3. The number of carbonyl (C=O) groups is 2. The van der Waals surface area contributed by atoms with Gasteiger partial charge in [0.1, 0.15) is 16.4 Å². The Morgan fingerprint density at radius 2 is 1.65 bits per heavy atom. The van der Waals surface area contributed by atoms with Crippen LogP contribution >= 0.6 is 11.3 Å².